The molecule has 2 rings (SSSR count). The number of hydrogen-bond donors (Lipinski definition) is 1. The first-order chi connectivity index (χ1) is 7.97. The van der Waals surface area contributed by atoms with E-state index in [0.29, 0.717) is 12.5 Å². The van der Waals surface area contributed by atoms with Crippen LogP contribution in [-0.2, 0) is 6.18 Å². The molecule has 0 aliphatic heterocycles. The summed E-state index contributed by atoms with van der Waals surface area (Å²) in [4.78, 5) is 3.73. The zero-order chi connectivity index (χ0) is 12.5. The van der Waals surface area contributed by atoms with Crippen molar-refractivity contribution < 1.29 is 13.2 Å². The molecule has 1 saturated carbocycles. The molecule has 0 radical (unpaired) electrons. The van der Waals surface area contributed by atoms with Crippen LogP contribution < -0.4 is 5.32 Å². The maximum absolute atomic E-state index is 12.6. The molecule has 0 amide bonds. The molecule has 0 bridgehead atoms. The van der Waals surface area contributed by atoms with E-state index in [-0.39, 0.29) is 11.2 Å². The second-order valence-corrected chi connectivity index (χ2v) is 4.83. The molecular formula is C11H12ClF3N2. The highest BCUT2D eigenvalue weighted by molar-refractivity contribution is 6.21. The van der Waals surface area contributed by atoms with Gasteiger partial charge < -0.3 is 5.32 Å². The zero-order valence-electron chi connectivity index (χ0n) is 8.97. The molecule has 0 saturated heterocycles. The van der Waals surface area contributed by atoms with Gasteiger partial charge in [0.1, 0.15) is 5.82 Å². The monoisotopic (exact) mass is 264 g/mol. The molecule has 0 spiro atoms. The number of anilines is 1. The summed E-state index contributed by atoms with van der Waals surface area (Å²) in [6.07, 6.45) is -1.32. The van der Waals surface area contributed by atoms with Crippen LogP contribution in [0.3, 0.4) is 0 Å². The van der Waals surface area contributed by atoms with Crippen LogP contribution in [0, 0.1) is 5.92 Å². The van der Waals surface area contributed by atoms with Crippen LogP contribution in [0.5, 0.6) is 0 Å². The third-order valence-corrected chi connectivity index (χ3v) is 3.21. The van der Waals surface area contributed by atoms with Gasteiger partial charge in [0.15, 0.2) is 0 Å². The summed E-state index contributed by atoms with van der Waals surface area (Å²) in [5.41, 5.74) is -0.721. The van der Waals surface area contributed by atoms with Gasteiger partial charge >= 0.3 is 6.18 Å². The average molecular weight is 265 g/mol. The molecule has 0 unspecified atom stereocenters. The van der Waals surface area contributed by atoms with Gasteiger partial charge in [0, 0.05) is 18.1 Å². The van der Waals surface area contributed by atoms with Crippen LogP contribution >= 0.6 is 11.6 Å². The van der Waals surface area contributed by atoms with E-state index in [0.717, 1.165) is 18.9 Å². The second kappa shape index (κ2) is 4.72. The minimum absolute atomic E-state index is 0.0991. The summed E-state index contributed by atoms with van der Waals surface area (Å²) in [5, 5.41) is 2.93. The number of nitrogens with one attached hydrogen (secondary N) is 1. The second-order valence-electron chi connectivity index (χ2n) is 4.21. The molecule has 17 heavy (non-hydrogen) atoms. The Bertz CT molecular complexity index is 389. The van der Waals surface area contributed by atoms with Gasteiger partial charge in [-0.05, 0) is 30.9 Å². The Labute approximate surface area is 102 Å². The van der Waals surface area contributed by atoms with Crippen molar-refractivity contribution in [1.29, 1.82) is 0 Å². The molecule has 0 atom stereocenters. The average Bonchev–Trinajstić information content (AvgIpc) is 2.22. The lowest BCUT2D eigenvalue weighted by molar-refractivity contribution is -0.137. The van der Waals surface area contributed by atoms with E-state index in [1.807, 2.05) is 0 Å². The number of aromatic nitrogens is 1. The molecule has 94 valence electrons. The first kappa shape index (κ1) is 12.5. The van der Waals surface area contributed by atoms with E-state index in [4.69, 9.17) is 11.6 Å². The van der Waals surface area contributed by atoms with E-state index in [2.05, 4.69) is 10.3 Å². The SMILES string of the molecule is FC(F)(F)c1cccnc1NCC1CC(Cl)C1. The van der Waals surface area contributed by atoms with E-state index in [1.54, 1.807) is 0 Å². The number of rotatable bonds is 3. The normalized spacial score (nSPS) is 24.2. The summed E-state index contributed by atoms with van der Waals surface area (Å²) in [6, 6.07) is 2.31. The highest BCUT2D eigenvalue weighted by Gasteiger charge is 2.34. The highest BCUT2D eigenvalue weighted by atomic mass is 35.5. The number of pyridine rings is 1. The first-order valence-electron chi connectivity index (χ1n) is 5.37. The van der Waals surface area contributed by atoms with E-state index in [9.17, 15) is 13.2 Å². The molecule has 2 nitrogen and oxygen atoms in total. The van der Waals surface area contributed by atoms with Crippen molar-refractivity contribution in [3.63, 3.8) is 0 Å². The van der Waals surface area contributed by atoms with Crippen molar-refractivity contribution >= 4 is 17.4 Å². The molecule has 1 N–H and O–H groups in total. The Morgan fingerprint density at radius 3 is 2.71 bits per heavy atom. The van der Waals surface area contributed by atoms with Gasteiger partial charge in [-0.25, -0.2) is 4.98 Å². The zero-order valence-corrected chi connectivity index (χ0v) is 9.72. The number of hydrogen-bond acceptors (Lipinski definition) is 2. The van der Waals surface area contributed by atoms with E-state index < -0.39 is 11.7 Å². The lowest BCUT2D eigenvalue weighted by Crippen LogP contribution is -2.30. The standard InChI is InChI=1S/C11H12ClF3N2/c12-8-4-7(5-8)6-17-10-9(11(13,14)15)2-1-3-16-10/h1-3,7-8H,4-6H2,(H,16,17). The van der Waals surface area contributed by atoms with Gasteiger partial charge in [0.2, 0.25) is 0 Å². The molecule has 1 aromatic heterocycles. The third kappa shape index (κ3) is 3.03. The fourth-order valence-electron chi connectivity index (χ4n) is 1.84. The van der Waals surface area contributed by atoms with E-state index in [1.165, 1.54) is 12.3 Å². The van der Waals surface area contributed by atoms with Gasteiger partial charge in [-0.15, -0.1) is 11.6 Å². The molecular weight excluding hydrogens is 253 g/mol. The number of alkyl halides is 4. The first-order valence-corrected chi connectivity index (χ1v) is 5.80. The summed E-state index contributed by atoms with van der Waals surface area (Å²) >= 11 is 5.81. The summed E-state index contributed by atoms with van der Waals surface area (Å²) in [6.45, 7) is 0.489. The largest absolute Gasteiger partial charge is 0.419 e. The van der Waals surface area contributed by atoms with Crippen LogP contribution in [0.25, 0.3) is 0 Å². The Morgan fingerprint density at radius 2 is 2.12 bits per heavy atom. The lowest BCUT2D eigenvalue weighted by Gasteiger charge is -2.31. The highest BCUT2D eigenvalue weighted by Crippen LogP contribution is 2.35. The van der Waals surface area contributed by atoms with Crippen molar-refractivity contribution in [2.75, 3.05) is 11.9 Å². The van der Waals surface area contributed by atoms with Crippen LogP contribution in [-0.4, -0.2) is 16.9 Å². The maximum atomic E-state index is 12.6. The molecule has 6 heteroatoms. The van der Waals surface area contributed by atoms with Crippen LogP contribution in [0.4, 0.5) is 19.0 Å². The summed E-state index contributed by atoms with van der Waals surface area (Å²) < 4.78 is 37.9. The molecule has 1 aromatic rings. The Kier molecular flexibility index (Phi) is 3.47. The lowest BCUT2D eigenvalue weighted by atomic mass is 9.85. The van der Waals surface area contributed by atoms with Gasteiger partial charge in [0.05, 0.1) is 5.56 Å². The number of nitrogens with zero attached hydrogens (tertiary/aromatic N) is 1. The predicted molar refractivity (Wildman–Crippen MR) is 60.1 cm³/mol. The predicted octanol–water partition coefficient (Wildman–Crippen LogP) is 3.53. The van der Waals surface area contributed by atoms with Crippen molar-refractivity contribution in [1.82, 2.24) is 4.98 Å². The summed E-state index contributed by atoms with van der Waals surface area (Å²) in [5.74, 6) is 0.249. The van der Waals surface area contributed by atoms with Crippen molar-refractivity contribution in [2.24, 2.45) is 5.92 Å². The van der Waals surface area contributed by atoms with Crippen molar-refractivity contribution in [3.8, 4) is 0 Å². The van der Waals surface area contributed by atoms with Crippen LogP contribution in [0.15, 0.2) is 18.3 Å². The van der Waals surface area contributed by atoms with Crippen LogP contribution in [0.1, 0.15) is 18.4 Å². The van der Waals surface area contributed by atoms with Crippen LogP contribution in [0.2, 0.25) is 0 Å². The molecule has 1 aliphatic rings. The molecule has 1 heterocycles. The third-order valence-electron chi connectivity index (χ3n) is 2.85. The molecule has 1 aliphatic carbocycles. The Hall–Kier alpha value is -0.970. The Morgan fingerprint density at radius 1 is 1.41 bits per heavy atom. The van der Waals surface area contributed by atoms with Gasteiger partial charge in [-0.1, -0.05) is 0 Å². The minimum atomic E-state index is -4.37. The minimum Gasteiger partial charge on any atom is -0.369 e. The van der Waals surface area contributed by atoms with Crippen molar-refractivity contribution in [2.45, 2.75) is 24.4 Å². The molecule has 1 fully saturated rings. The topological polar surface area (TPSA) is 24.9 Å². The summed E-state index contributed by atoms with van der Waals surface area (Å²) in [7, 11) is 0. The van der Waals surface area contributed by atoms with Gasteiger partial charge in [-0.2, -0.15) is 13.2 Å². The molecule has 0 aromatic carbocycles. The van der Waals surface area contributed by atoms with Crippen molar-refractivity contribution in [3.05, 3.63) is 23.9 Å². The maximum Gasteiger partial charge on any atom is 0.419 e. The van der Waals surface area contributed by atoms with Gasteiger partial charge in [-0.3, -0.25) is 0 Å². The number of halogens is 4. The smallest absolute Gasteiger partial charge is 0.369 e. The quantitative estimate of drug-likeness (QED) is 0.845. The fourth-order valence-corrected chi connectivity index (χ4v) is 2.34. The van der Waals surface area contributed by atoms with Gasteiger partial charge in [0.25, 0.3) is 0 Å². The fraction of sp³-hybridized carbons (Fsp3) is 0.545. The van der Waals surface area contributed by atoms with E-state index >= 15 is 0 Å². The Balaban J connectivity index is 2.00.